The Hall–Kier alpha value is -2.34. The van der Waals surface area contributed by atoms with E-state index in [9.17, 15) is 9.59 Å². The summed E-state index contributed by atoms with van der Waals surface area (Å²) in [4.78, 5) is 26.0. The molecule has 0 aliphatic heterocycles. The summed E-state index contributed by atoms with van der Waals surface area (Å²) in [5, 5.41) is 5.57. The second-order valence-electron chi connectivity index (χ2n) is 5.46. The lowest BCUT2D eigenvalue weighted by molar-refractivity contribution is 0.0927. The number of anilines is 1. The second kappa shape index (κ2) is 8.49. The second-order valence-corrected chi connectivity index (χ2v) is 6.38. The lowest BCUT2D eigenvalue weighted by Gasteiger charge is -2.12. The highest BCUT2D eigenvalue weighted by Crippen LogP contribution is 2.12. The molecule has 2 N–H and O–H groups in total. The van der Waals surface area contributed by atoms with Crippen LogP contribution >= 0.6 is 15.9 Å². The van der Waals surface area contributed by atoms with Crippen molar-refractivity contribution in [1.82, 2.24) is 10.6 Å². The van der Waals surface area contributed by atoms with Crippen LogP contribution in [0.25, 0.3) is 0 Å². The number of rotatable bonds is 6. The fourth-order valence-corrected chi connectivity index (χ4v) is 2.50. The molecule has 24 heavy (non-hydrogen) atoms. The highest BCUT2D eigenvalue weighted by atomic mass is 79.9. The number of benzene rings is 2. The van der Waals surface area contributed by atoms with Crippen LogP contribution in [0, 0.1) is 0 Å². The van der Waals surface area contributed by atoms with Crippen molar-refractivity contribution in [3.63, 3.8) is 0 Å². The van der Waals surface area contributed by atoms with Gasteiger partial charge in [0.05, 0.1) is 0 Å². The van der Waals surface area contributed by atoms with Crippen LogP contribution in [0.15, 0.2) is 53.0 Å². The molecule has 0 fully saturated rings. The molecule has 2 rings (SSSR count). The van der Waals surface area contributed by atoms with Crippen molar-refractivity contribution in [1.29, 1.82) is 0 Å². The minimum absolute atomic E-state index is 0.156. The molecule has 6 heteroatoms. The molecular formula is C18H20BrN3O2. The number of nitrogens with one attached hydrogen (secondary N) is 2. The molecule has 0 saturated carbocycles. The highest BCUT2D eigenvalue weighted by Gasteiger charge is 2.07. The van der Waals surface area contributed by atoms with E-state index in [4.69, 9.17) is 0 Å². The molecule has 0 saturated heterocycles. The van der Waals surface area contributed by atoms with Crippen LogP contribution in [0.2, 0.25) is 0 Å². The van der Waals surface area contributed by atoms with Gasteiger partial charge in [-0.2, -0.15) is 0 Å². The number of halogens is 1. The van der Waals surface area contributed by atoms with Gasteiger partial charge >= 0.3 is 0 Å². The van der Waals surface area contributed by atoms with Crippen molar-refractivity contribution >= 4 is 33.4 Å². The Bertz CT molecular complexity index is 714. The van der Waals surface area contributed by atoms with E-state index in [2.05, 4.69) is 26.6 Å². The van der Waals surface area contributed by atoms with Crippen LogP contribution in [0.3, 0.4) is 0 Å². The quantitative estimate of drug-likeness (QED) is 0.746. The Labute approximate surface area is 150 Å². The molecular weight excluding hydrogens is 370 g/mol. The molecule has 2 aromatic carbocycles. The summed E-state index contributed by atoms with van der Waals surface area (Å²) in [5.41, 5.74) is 2.21. The van der Waals surface area contributed by atoms with Gasteiger partial charge in [0.2, 0.25) is 0 Å². The van der Waals surface area contributed by atoms with Gasteiger partial charge in [0.1, 0.15) is 0 Å². The first-order valence-electron chi connectivity index (χ1n) is 7.57. The summed E-state index contributed by atoms with van der Waals surface area (Å²) in [6.07, 6.45) is 0. The SMILES string of the molecule is CN(C)c1ccc(C(=O)NCCNC(=O)c2cccc(Br)c2)cc1. The summed E-state index contributed by atoms with van der Waals surface area (Å²) in [6, 6.07) is 14.5. The van der Waals surface area contributed by atoms with Gasteiger partial charge in [-0.1, -0.05) is 22.0 Å². The first-order chi connectivity index (χ1) is 11.5. The summed E-state index contributed by atoms with van der Waals surface area (Å²) in [7, 11) is 3.89. The number of carbonyl (C=O) groups is 2. The first kappa shape index (κ1) is 18.0. The van der Waals surface area contributed by atoms with E-state index in [0.717, 1.165) is 10.2 Å². The summed E-state index contributed by atoms with van der Waals surface area (Å²) in [6.45, 7) is 0.737. The van der Waals surface area contributed by atoms with E-state index in [-0.39, 0.29) is 11.8 Å². The van der Waals surface area contributed by atoms with Gasteiger partial charge in [0.15, 0.2) is 0 Å². The zero-order valence-corrected chi connectivity index (χ0v) is 15.3. The topological polar surface area (TPSA) is 61.4 Å². The molecule has 0 radical (unpaired) electrons. The molecule has 0 aliphatic carbocycles. The Morgan fingerprint density at radius 3 is 2.04 bits per heavy atom. The van der Waals surface area contributed by atoms with Gasteiger partial charge in [-0.3, -0.25) is 9.59 Å². The van der Waals surface area contributed by atoms with Crippen LogP contribution in [0.5, 0.6) is 0 Å². The van der Waals surface area contributed by atoms with E-state index < -0.39 is 0 Å². The van der Waals surface area contributed by atoms with Crippen molar-refractivity contribution < 1.29 is 9.59 Å². The molecule has 5 nitrogen and oxygen atoms in total. The number of nitrogens with zero attached hydrogens (tertiary/aromatic N) is 1. The third-order valence-corrected chi connectivity index (χ3v) is 3.92. The largest absolute Gasteiger partial charge is 0.378 e. The lowest BCUT2D eigenvalue weighted by atomic mass is 10.2. The summed E-state index contributed by atoms with van der Waals surface area (Å²) in [5.74, 6) is -0.321. The lowest BCUT2D eigenvalue weighted by Crippen LogP contribution is -2.34. The number of hydrogen-bond donors (Lipinski definition) is 2. The van der Waals surface area contributed by atoms with Crippen molar-refractivity contribution in [2.45, 2.75) is 0 Å². The van der Waals surface area contributed by atoms with Gasteiger partial charge in [-0.15, -0.1) is 0 Å². The standard InChI is InChI=1S/C18H20BrN3O2/c1-22(2)16-8-6-13(7-9-16)17(23)20-10-11-21-18(24)14-4-3-5-15(19)12-14/h3-9,12H,10-11H2,1-2H3,(H,20,23)(H,21,24). The molecule has 126 valence electrons. The smallest absolute Gasteiger partial charge is 0.251 e. The van der Waals surface area contributed by atoms with E-state index in [1.54, 1.807) is 30.3 Å². The normalized spacial score (nSPS) is 10.1. The average Bonchev–Trinajstić information content (AvgIpc) is 2.58. The molecule has 2 aromatic rings. The van der Waals surface area contributed by atoms with E-state index in [0.29, 0.717) is 24.2 Å². The Morgan fingerprint density at radius 1 is 0.917 bits per heavy atom. The third kappa shape index (κ3) is 5.09. The Morgan fingerprint density at radius 2 is 1.50 bits per heavy atom. The summed E-state index contributed by atoms with van der Waals surface area (Å²) >= 11 is 3.33. The molecule has 2 amide bonds. The molecule has 0 bridgehead atoms. The molecule has 0 aliphatic rings. The van der Waals surface area contributed by atoms with E-state index in [1.165, 1.54) is 0 Å². The van der Waals surface area contributed by atoms with Crippen molar-refractivity contribution in [3.05, 3.63) is 64.1 Å². The van der Waals surface area contributed by atoms with E-state index >= 15 is 0 Å². The molecule has 0 atom stereocenters. The van der Waals surface area contributed by atoms with Gasteiger partial charge in [0, 0.05) is 48.5 Å². The zero-order valence-electron chi connectivity index (χ0n) is 13.7. The average molecular weight is 390 g/mol. The minimum atomic E-state index is -0.166. The van der Waals surface area contributed by atoms with Gasteiger partial charge < -0.3 is 15.5 Å². The third-order valence-electron chi connectivity index (χ3n) is 3.43. The molecule has 0 heterocycles. The molecule has 0 spiro atoms. The van der Waals surface area contributed by atoms with Crippen molar-refractivity contribution in [2.24, 2.45) is 0 Å². The number of amides is 2. The van der Waals surface area contributed by atoms with Gasteiger partial charge in [0.25, 0.3) is 11.8 Å². The zero-order chi connectivity index (χ0) is 17.5. The van der Waals surface area contributed by atoms with Crippen molar-refractivity contribution in [3.8, 4) is 0 Å². The molecule has 0 aromatic heterocycles. The maximum atomic E-state index is 12.0. The van der Waals surface area contributed by atoms with Crippen LogP contribution < -0.4 is 15.5 Å². The summed E-state index contributed by atoms with van der Waals surface area (Å²) < 4.78 is 0.852. The van der Waals surface area contributed by atoms with Gasteiger partial charge in [-0.05, 0) is 42.5 Å². The first-order valence-corrected chi connectivity index (χ1v) is 8.36. The monoisotopic (exact) mass is 389 g/mol. The van der Waals surface area contributed by atoms with E-state index in [1.807, 2.05) is 37.2 Å². The number of hydrogen-bond acceptors (Lipinski definition) is 3. The van der Waals surface area contributed by atoms with Gasteiger partial charge in [-0.25, -0.2) is 0 Å². The Kier molecular flexibility index (Phi) is 6.37. The fraction of sp³-hybridized carbons (Fsp3) is 0.222. The Balaban J connectivity index is 1.77. The molecule has 0 unspecified atom stereocenters. The maximum Gasteiger partial charge on any atom is 0.251 e. The predicted molar refractivity (Wildman–Crippen MR) is 99.6 cm³/mol. The van der Waals surface area contributed by atoms with Crippen molar-refractivity contribution in [2.75, 3.05) is 32.1 Å². The van der Waals surface area contributed by atoms with Crippen LogP contribution in [-0.4, -0.2) is 39.0 Å². The van der Waals surface area contributed by atoms with Crippen LogP contribution in [-0.2, 0) is 0 Å². The van der Waals surface area contributed by atoms with Crippen LogP contribution in [0.4, 0.5) is 5.69 Å². The highest BCUT2D eigenvalue weighted by molar-refractivity contribution is 9.10. The minimum Gasteiger partial charge on any atom is -0.378 e. The maximum absolute atomic E-state index is 12.0. The van der Waals surface area contributed by atoms with Crippen LogP contribution in [0.1, 0.15) is 20.7 Å². The fourth-order valence-electron chi connectivity index (χ4n) is 2.10. The number of carbonyl (C=O) groups excluding carboxylic acids is 2. The predicted octanol–water partition coefficient (Wildman–Crippen LogP) is 2.67.